The van der Waals surface area contributed by atoms with Gasteiger partial charge in [0.2, 0.25) is 0 Å². The molecule has 1 fully saturated rings. The van der Waals surface area contributed by atoms with Crippen LogP contribution in [0.3, 0.4) is 0 Å². The molecule has 198 valence electrons. The Labute approximate surface area is 224 Å². The number of anilines is 1. The molecule has 5 rings (SSSR count). The predicted octanol–water partition coefficient (Wildman–Crippen LogP) is 4.46. The largest absolute Gasteiger partial charge is 0.367 e. The number of carbonyl (C=O) groups excluding carboxylic acids is 1. The van der Waals surface area contributed by atoms with E-state index in [0.717, 1.165) is 64.4 Å². The molecule has 4 heterocycles. The molecule has 8 heteroatoms. The van der Waals surface area contributed by atoms with E-state index < -0.39 is 0 Å². The van der Waals surface area contributed by atoms with E-state index in [0.29, 0.717) is 23.8 Å². The molecule has 1 aliphatic rings. The van der Waals surface area contributed by atoms with Gasteiger partial charge in [0.05, 0.1) is 40.0 Å². The number of aryl methyl sites for hydroxylation is 3. The molecule has 3 aromatic heterocycles. The van der Waals surface area contributed by atoms with Gasteiger partial charge >= 0.3 is 0 Å². The second-order valence-corrected chi connectivity index (χ2v) is 10.6. The van der Waals surface area contributed by atoms with Gasteiger partial charge in [-0.1, -0.05) is 11.6 Å². The average molecular weight is 512 g/mol. The number of hydrogen-bond acceptors (Lipinski definition) is 6. The molecule has 1 amide bonds. The quantitative estimate of drug-likeness (QED) is 0.365. The van der Waals surface area contributed by atoms with Gasteiger partial charge in [0, 0.05) is 55.9 Å². The number of hydrogen-bond donors (Lipinski definition) is 0. The van der Waals surface area contributed by atoms with E-state index in [-0.39, 0.29) is 5.91 Å². The average Bonchev–Trinajstić information content (AvgIpc) is 3.21. The molecule has 8 nitrogen and oxygen atoms in total. The van der Waals surface area contributed by atoms with Gasteiger partial charge in [-0.2, -0.15) is 5.10 Å². The van der Waals surface area contributed by atoms with Crippen molar-refractivity contribution in [3.05, 3.63) is 70.7 Å². The molecular formula is C30H37N7O. The molecule has 0 aliphatic carbocycles. The van der Waals surface area contributed by atoms with Gasteiger partial charge in [-0.15, -0.1) is 0 Å². The van der Waals surface area contributed by atoms with E-state index in [2.05, 4.69) is 42.0 Å². The number of fused-ring (bicyclic) bond motifs is 1. The number of likely N-dealkylation sites (N-methyl/N-ethyl adjacent to an activating group) is 1. The highest BCUT2D eigenvalue weighted by atomic mass is 16.2. The molecule has 1 aliphatic heterocycles. The minimum absolute atomic E-state index is 0.0449. The van der Waals surface area contributed by atoms with Crippen LogP contribution in [0.15, 0.2) is 42.6 Å². The normalized spacial score (nSPS) is 13.8. The molecule has 1 saturated heterocycles. The fourth-order valence-corrected chi connectivity index (χ4v) is 5.15. The van der Waals surface area contributed by atoms with Gasteiger partial charge in [-0.05, 0) is 72.1 Å². The van der Waals surface area contributed by atoms with Crippen molar-refractivity contribution in [1.82, 2.24) is 29.5 Å². The summed E-state index contributed by atoms with van der Waals surface area (Å²) >= 11 is 0. The first-order valence-electron chi connectivity index (χ1n) is 13.2. The van der Waals surface area contributed by atoms with Crippen LogP contribution in [0.5, 0.6) is 0 Å². The van der Waals surface area contributed by atoms with Crippen LogP contribution in [0.1, 0.15) is 39.8 Å². The van der Waals surface area contributed by atoms with Gasteiger partial charge in [0.15, 0.2) is 0 Å². The zero-order valence-electron chi connectivity index (χ0n) is 23.5. The summed E-state index contributed by atoms with van der Waals surface area (Å²) in [5.41, 5.74) is 8.26. The summed E-state index contributed by atoms with van der Waals surface area (Å²) in [6.45, 7) is 11.5. The summed E-state index contributed by atoms with van der Waals surface area (Å²) in [6.07, 6.45) is 1.86. The Morgan fingerprint density at radius 1 is 1.00 bits per heavy atom. The number of benzene rings is 1. The maximum absolute atomic E-state index is 13.8. The fourth-order valence-electron chi connectivity index (χ4n) is 5.15. The minimum atomic E-state index is -0.0449. The molecule has 4 aromatic rings. The van der Waals surface area contributed by atoms with Crippen LogP contribution in [-0.2, 0) is 13.1 Å². The van der Waals surface area contributed by atoms with Crippen LogP contribution in [0.2, 0.25) is 0 Å². The van der Waals surface area contributed by atoms with E-state index >= 15 is 0 Å². The number of carbonyl (C=O) groups is 1. The van der Waals surface area contributed by atoms with E-state index in [1.54, 1.807) is 4.90 Å². The van der Waals surface area contributed by atoms with Gasteiger partial charge < -0.3 is 14.7 Å². The maximum Gasteiger partial charge on any atom is 0.254 e. The van der Waals surface area contributed by atoms with Crippen molar-refractivity contribution in [3.63, 3.8) is 0 Å². The van der Waals surface area contributed by atoms with E-state index in [9.17, 15) is 4.79 Å². The first-order valence-corrected chi connectivity index (χ1v) is 13.2. The maximum atomic E-state index is 13.8. The monoisotopic (exact) mass is 511 g/mol. The lowest BCUT2D eigenvalue weighted by molar-refractivity contribution is 0.0787. The van der Waals surface area contributed by atoms with Crippen molar-refractivity contribution in [1.29, 1.82) is 0 Å². The van der Waals surface area contributed by atoms with E-state index in [1.807, 2.05) is 69.0 Å². The SMILES string of the molecule is CCn1ncc(CN(C)C(=O)c2cc(-c3ccc(N4CC(N(C)C)C4)c(C)n3)nc3ccc(C)cc23)c1C. The van der Waals surface area contributed by atoms with Crippen molar-refractivity contribution in [3.8, 4) is 11.4 Å². The third-order valence-electron chi connectivity index (χ3n) is 7.71. The Bertz CT molecular complexity index is 1500. The molecule has 0 atom stereocenters. The molecule has 0 spiro atoms. The molecule has 0 N–H and O–H groups in total. The van der Waals surface area contributed by atoms with E-state index in [4.69, 9.17) is 9.97 Å². The highest BCUT2D eigenvalue weighted by Gasteiger charge is 2.29. The number of nitrogens with zero attached hydrogens (tertiary/aromatic N) is 7. The second-order valence-electron chi connectivity index (χ2n) is 10.6. The number of aromatic nitrogens is 4. The van der Waals surface area contributed by atoms with Crippen LogP contribution in [0.4, 0.5) is 5.69 Å². The lowest BCUT2D eigenvalue weighted by atomic mass is 10.0. The van der Waals surface area contributed by atoms with Crippen LogP contribution >= 0.6 is 0 Å². The standard InChI is InChI=1S/C30H37N7O/c1-8-37-21(4)22(15-31-37)16-35(7)30(38)25-14-28(33-26-10-9-19(2)13-24(25)26)27-11-12-29(20(3)32-27)36-17-23(18-36)34(5)6/h9-15,23H,8,16-18H2,1-7H3. The van der Waals surface area contributed by atoms with Crippen LogP contribution in [0.25, 0.3) is 22.3 Å². The zero-order valence-corrected chi connectivity index (χ0v) is 23.5. The molecule has 38 heavy (non-hydrogen) atoms. The van der Waals surface area contributed by atoms with Gasteiger partial charge in [-0.25, -0.2) is 9.97 Å². The lowest BCUT2D eigenvalue weighted by Gasteiger charge is -2.44. The Hall–Kier alpha value is -3.78. The summed E-state index contributed by atoms with van der Waals surface area (Å²) in [5, 5.41) is 5.30. The predicted molar refractivity (Wildman–Crippen MR) is 153 cm³/mol. The summed E-state index contributed by atoms with van der Waals surface area (Å²) in [5.74, 6) is -0.0449. The smallest absolute Gasteiger partial charge is 0.254 e. The van der Waals surface area contributed by atoms with Crippen LogP contribution < -0.4 is 4.90 Å². The van der Waals surface area contributed by atoms with Crippen molar-refractivity contribution >= 4 is 22.5 Å². The summed E-state index contributed by atoms with van der Waals surface area (Å²) in [7, 11) is 6.09. The minimum Gasteiger partial charge on any atom is -0.367 e. The third kappa shape index (κ3) is 4.76. The molecule has 0 saturated carbocycles. The summed E-state index contributed by atoms with van der Waals surface area (Å²) in [6, 6.07) is 12.7. The second kappa shape index (κ2) is 10.2. The number of pyridine rings is 2. The van der Waals surface area contributed by atoms with Crippen molar-refractivity contribution in [2.75, 3.05) is 39.1 Å². The summed E-state index contributed by atoms with van der Waals surface area (Å²) in [4.78, 5) is 30.1. The molecule has 0 bridgehead atoms. The van der Waals surface area contributed by atoms with Gasteiger partial charge in [0.25, 0.3) is 5.91 Å². The molecule has 1 aromatic carbocycles. The van der Waals surface area contributed by atoms with Gasteiger partial charge in [0.1, 0.15) is 0 Å². The van der Waals surface area contributed by atoms with Gasteiger partial charge in [-0.3, -0.25) is 9.48 Å². The molecular weight excluding hydrogens is 474 g/mol. The van der Waals surface area contributed by atoms with Crippen LogP contribution in [0, 0.1) is 20.8 Å². The highest BCUT2D eigenvalue weighted by molar-refractivity contribution is 6.07. The first-order chi connectivity index (χ1) is 18.2. The van der Waals surface area contributed by atoms with Crippen molar-refractivity contribution < 1.29 is 4.79 Å². The number of rotatable bonds is 7. The highest BCUT2D eigenvalue weighted by Crippen LogP contribution is 2.30. The summed E-state index contributed by atoms with van der Waals surface area (Å²) < 4.78 is 1.95. The zero-order chi connectivity index (χ0) is 27.1. The Kier molecular flexibility index (Phi) is 6.92. The fraction of sp³-hybridized carbons (Fsp3) is 0.400. The lowest BCUT2D eigenvalue weighted by Crippen LogP contribution is -2.57. The van der Waals surface area contributed by atoms with E-state index in [1.165, 1.54) is 0 Å². The first kappa shape index (κ1) is 25.9. The Morgan fingerprint density at radius 3 is 2.42 bits per heavy atom. The van der Waals surface area contributed by atoms with Crippen LogP contribution in [-0.4, -0.2) is 75.7 Å². The Morgan fingerprint density at radius 2 is 1.76 bits per heavy atom. The number of amides is 1. The Balaban J connectivity index is 1.48. The van der Waals surface area contributed by atoms with Crippen molar-refractivity contribution in [2.24, 2.45) is 0 Å². The topological polar surface area (TPSA) is 70.4 Å². The third-order valence-corrected chi connectivity index (χ3v) is 7.71. The molecule has 0 radical (unpaired) electrons. The molecule has 0 unspecified atom stereocenters. The van der Waals surface area contributed by atoms with Crippen molar-refractivity contribution in [2.45, 2.75) is 46.8 Å².